The van der Waals surface area contributed by atoms with Gasteiger partial charge in [0.15, 0.2) is 6.10 Å². The Labute approximate surface area is 46.5 Å². The zero-order chi connectivity index (χ0) is 5.98. The summed E-state index contributed by atoms with van der Waals surface area (Å²) in [7, 11) is 0. The maximum Gasteiger partial charge on any atom is 0.270 e. The van der Waals surface area contributed by atoms with Gasteiger partial charge < -0.3 is 0 Å². The first-order valence-electron chi connectivity index (χ1n) is 2.34. The second-order valence-electron chi connectivity index (χ2n) is 1.56. The lowest BCUT2D eigenvalue weighted by Gasteiger charge is -1.95. The Morgan fingerprint density at radius 3 is 2.75 bits per heavy atom. The van der Waals surface area contributed by atoms with Crippen LogP contribution in [0.5, 0.6) is 0 Å². The van der Waals surface area contributed by atoms with Crippen LogP contribution >= 0.6 is 0 Å². The molecule has 0 aromatic carbocycles. The second kappa shape index (κ2) is 2.11. The van der Waals surface area contributed by atoms with Crippen LogP contribution in [0.2, 0.25) is 0 Å². The van der Waals surface area contributed by atoms with Crippen molar-refractivity contribution in [2.24, 2.45) is 0 Å². The molecule has 0 aromatic heterocycles. The number of hydrogen-bond acceptors (Lipinski definition) is 3. The molecule has 1 fully saturated rings. The average Bonchev–Trinajstić information content (AvgIpc) is 2.12. The minimum absolute atomic E-state index is 0.426. The summed E-state index contributed by atoms with van der Waals surface area (Å²) in [4.78, 5) is 18.9. The molecule has 0 aliphatic carbocycles. The van der Waals surface area contributed by atoms with Crippen molar-refractivity contribution in [3.63, 3.8) is 0 Å². The third kappa shape index (κ3) is 0.962. The fourth-order valence-electron chi connectivity index (χ4n) is 0.508. The number of carbonyl (C=O) groups excluding carboxylic acids is 1. The number of carbonyl (C=O) groups is 1. The minimum atomic E-state index is -0.706. The molecule has 1 radical (unpaired) electrons. The van der Waals surface area contributed by atoms with Crippen molar-refractivity contribution in [1.29, 1.82) is 0 Å². The summed E-state index contributed by atoms with van der Waals surface area (Å²) in [6.45, 7) is 0.426. The third-order valence-corrected chi connectivity index (χ3v) is 0.940. The van der Waals surface area contributed by atoms with Gasteiger partial charge in [0.25, 0.3) is 5.91 Å². The average molecular weight is 116 g/mol. The Morgan fingerprint density at radius 1 is 1.75 bits per heavy atom. The number of nitrogens with one attached hydrogen (secondary N) is 1. The van der Waals surface area contributed by atoms with E-state index in [0.29, 0.717) is 13.0 Å². The molecule has 45 valence electrons. The molecule has 1 saturated heterocycles. The molecule has 4 nitrogen and oxygen atoms in total. The van der Waals surface area contributed by atoms with E-state index in [4.69, 9.17) is 5.73 Å². The van der Waals surface area contributed by atoms with E-state index < -0.39 is 12.0 Å². The first-order valence-corrected chi connectivity index (χ1v) is 2.34. The summed E-state index contributed by atoms with van der Waals surface area (Å²) in [5.41, 5.74) is 6.53. The van der Waals surface area contributed by atoms with Crippen LogP contribution in [0.15, 0.2) is 0 Å². The zero-order valence-corrected chi connectivity index (χ0v) is 4.22. The minimum Gasteiger partial charge on any atom is -0.270 e. The van der Waals surface area contributed by atoms with Crippen molar-refractivity contribution in [1.82, 2.24) is 5.73 Å². The molecule has 4 heteroatoms. The summed E-state index contributed by atoms with van der Waals surface area (Å²) in [5, 5.41) is 0. The Balaban J connectivity index is 2.35. The van der Waals surface area contributed by atoms with Gasteiger partial charge in [0.1, 0.15) is 0 Å². The molecule has 0 bridgehead atoms. The normalized spacial score (nSPS) is 28.2. The van der Waals surface area contributed by atoms with Gasteiger partial charge in [-0.15, -0.1) is 0 Å². The molecular weight excluding hydrogens is 110 g/mol. The maximum atomic E-state index is 10.1. The van der Waals surface area contributed by atoms with Crippen molar-refractivity contribution in [2.75, 3.05) is 6.61 Å². The van der Waals surface area contributed by atoms with Crippen molar-refractivity contribution >= 4 is 5.91 Å². The molecule has 1 heterocycles. The van der Waals surface area contributed by atoms with E-state index in [2.05, 4.69) is 9.78 Å². The molecule has 1 unspecified atom stereocenters. The maximum absolute atomic E-state index is 10.1. The van der Waals surface area contributed by atoms with E-state index in [1.165, 1.54) is 0 Å². The first-order chi connectivity index (χ1) is 3.80. The van der Waals surface area contributed by atoms with Crippen molar-refractivity contribution in [2.45, 2.75) is 12.5 Å². The third-order valence-electron chi connectivity index (χ3n) is 0.940. The predicted octanol–water partition coefficient (Wildman–Crippen LogP) is -0.484. The van der Waals surface area contributed by atoms with Crippen LogP contribution in [0.4, 0.5) is 0 Å². The van der Waals surface area contributed by atoms with Crippen LogP contribution in [0.3, 0.4) is 0 Å². The van der Waals surface area contributed by atoms with Gasteiger partial charge in [0, 0.05) is 6.42 Å². The van der Waals surface area contributed by atoms with Crippen LogP contribution in [0.25, 0.3) is 0 Å². The predicted molar refractivity (Wildman–Crippen MR) is 23.5 cm³/mol. The molecule has 1 aliphatic heterocycles. The standard InChI is InChI=1S/C4H6NO3/c5-4(6)3-1-2-7-8-3/h3,5H,1-2H2. The highest BCUT2D eigenvalue weighted by molar-refractivity contribution is 5.78. The first kappa shape index (κ1) is 5.53. The molecular formula is C4H6NO3. The molecule has 1 aliphatic rings. The lowest BCUT2D eigenvalue weighted by molar-refractivity contribution is -0.268. The lowest BCUT2D eigenvalue weighted by atomic mass is 10.3. The van der Waals surface area contributed by atoms with E-state index in [1.807, 2.05) is 0 Å². The van der Waals surface area contributed by atoms with Gasteiger partial charge in [-0.2, -0.15) is 0 Å². The Bertz CT molecular complexity index is 97.5. The van der Waals surface area contributed by atoms with Gasteiger partial charge >= 0.3 is 0 Å². The molecule has 0 saturated carbocycles. The lowest BCUT2D eigenvalue weighted by Crippen LogP contribution is -2.19. The van der Waals surface area contributed by atoms with Gasteiger partial charge in [-0.05, 0) is 0 Å². The Morgan fingerprint density at radius 2 is 2.50 bits per heavy atom. The quantitative estimate of drug-likeness (QED) is 0.434. The molecule has 1 atom stereocenters. The topological polar surface area (TPSA) is 59.3 Å². The highest BCUT2D eigenvalue weighted by Gasteiger charge is 2.22. The fraction of sp³-hybridized carbons (Fsp3) is 0.750. The summed E-state index contributed by atoms with van der Waals surface area (Å²) >= 11 is 0. The van der Waals surface area contributed by atoms with E-state index in [1.54, 1.807) is 0 Å². The van der Waals surface area contributed by atoms with Crippen LogP contribution in [0, 0.1) is 0 Å². The second-order valence-corrected chi connectivity index (χ2v) is 1.56. The van der Waals surface area contributed by atoms with E-state index in [0.717, 1.165) is 0 Å². The number of rotatable bonds is 1. The van der Waals surface area contributed by atoms with Crippen molar-refractivity contribution in [3.8, 4) is 0 Å². The summed E-state index contributed by atoms with van der Waals surface area (Å²) in [5.74, 6) is -0.706. The fourth-order valence-corrected chi connectivity index (χ4v) is 0.508. The highest BCUT2D eigenvalue weighted by atomic mass is 17.2. The smallest absolute Gasteiger partial charge is 0.270 e. The Kier molecular flexibility index (Phi) is 1.45. The van der Waals surface area contributed by atoms with Gasteiger partial charge in [-0.25, -0.2) is 9.78 Å². The molecule has 0 spiro atoms. The van der Waals surface area contributed by atoms with Crippen molar-refractivity contribution < 1.29 is 14.6 Å². The molecule has 1 N–H and O–H groups in total. The van der Waals surface area contributed by atoms with Gasteiger partial charge in [0.05, 0.1) is 6.61 Å². The summed E-state index contributed by atoms with van der Waals surface area (Å²) in [6.07, 6.45) is -0.113. The van der Waals surface area contributed by atoms with Crippen LogP contribution < -0.4 is 5.73 Å². The molecule has 8 heavy (non-hydrogen) atoms. The summed E-state index contributed by atoms with van der Waals surface area (Å²) in [6, 6.07) is 0. The van der Waals surface area contributed by atoms with Crippen molar-refractivity contribution in [3.05, 3.63) is 0 Å². The van der Waals surface area contributed by atoms with Gasteiger partial charge in [-0.1, -0.05) is 0 Å². The Hall–Kier alpha value is -0.610. The van der Waals surface area contributed by atoms with E-state index in [-0.39, 0.29) is 0 Å². The van der Waals surface area contributed by atoms with E-state index in [9.17, 15) is 4.79 Å². The van der Waals surface area contributed by atoms with Crippen LogP contribution in [-0.2, 0) is 14.6 Å². The van der Waals surface area contributed by atoms with Crippen LogP contribution in [0.1, 0.15) is 6.42 Å². The SMILES string of the molecule is [NH]C(=O)C1CCOO1. The van der Waals surface area contributed by atoms with Gasteiger partial charge in [0.2, 0.25) is 0 Å². The monoisotopic (exact) mass is 116 g/mol. The highest BCUT2D eigenvalue weighted by Crippen LogP contribution is 2.07. The molecule has 1 rings (SSSR count). The summed E-state index contributed by atoms with van der Waals surface area (Å²) < 4.78 is 0. The van der Waals surface area contributed by atoms with Crippen LogP contribution in [-0.4, -0.2) is 18.6 Å². The van der Waals surface area contributed by atoms with E-state index >= 15 is 0 Å². The number of amides is 1. The largest absolute Gasteiger partial charge is 0.270 e. The van der Waals surface area contributed by atoms with Gasteiger partial charge in [-0.3, -0.25) is 10.5 Å². The zero-order valence-electron chi connectivity index (χ0n) is 4.22. The number of hydrogen-bond donors (Lipinski definition) is 0. The molecule has 0 aromatic rings. The molecule has 1 amide bonds.